The molecule has 0 bridgehead atoms. The van der Waals surface area contributed by atoms with Crippen LogP contribution in [-0.4, -0.2) is 0 Å². The SMILES string of the molecule is Fc1c(Cl)c(F)c(I)c(I)c1I. The van der Waals surface area contributed by atoms with Crippen LogP contribution in [0.5, 0.6) is 0 Å². The fraction of sp³-hybridized carbons (Fsp3) is 0. The van der Waals surface area contributed by atoms with E-state index in [1.807, 2.05) is 22.6 Å². The molecule has 0 radical (unpaired) electrons. The fourth-order valence-electron chi connectivity index (χ4n) is 0.578. The average molecular weight is 526 g/mol. The second kappa shape index (κ2) is 4.39. The van der Waals surface area contributed by atoms with Crippen LogP contribution in [0.1, 0.15) is 0 Å². The first kappa shape index (κ1) is 11.6. The molecule has 1 aromatic rings. The Kier molecular flexibility index (Phi) is 4.25. The summed E-state index contributed by atoms with van der Waals surface area (Å²) in [5, 5.41) is -0.427. The summed E-state index contributed by atoms with van der Waals surface area (Å²) >= 11 is 10.9. The van der Waals surface area contributed by atoms with Crippen molar-refractivity contribution in [2.45, 2.75) is 0 Å². The molecule has 1 aromatic carbocycles. The minimum atomic E-state index is -0.681. The molecule has 0 spiro atoms. The number of hydrogen-bond donors (Lipinski definition) is 0. The zero-order valence-electron chi connectivity index (χ0n) is 5.27. The van der Waals surface area contributed by atoms with Gasteiger partial charge in [-0.1, -0.05) is 11.6 Å². The Balaban J connectivity index is 3.60. The summed E-state index contributed by atoms with van der Waals surface area (Å²) in [6.07, 6.45) is 0. The van der Waals surface area contributed by atoms with Gasteiger partial charge in [0, 0.05) is 3.57 Å². The highest BCUT2D eigenvalue weighted by Crippen LogP contribution is 2.32. The maximum Gasteiger partial charge on any atom is 0.159 e. The minimum Gasteiger partial charge on any atom is -0.204 e. The third-order valence-corrected chi connectivity index (χ3v) is 6.66. The normalized spacial score (nSPS) is 10.5. The molecule has 0 amide bonds. The summed E-state index contributed by atoms with van der Waals surface area (Å²) < 4.78 is 27.4. The molecule has 0 N–H and O–H groups in total. The summed E-state index contributed by atoms with van der Waals surface area (Å²) in [7, 11) is 0. The Hall–Kier alpha value is 1.56. The second-order valence-corrected chi connectivity index (χ2v) is 5.50. The summed E-state index contributed by atoms with van der Waals surface area (Å²) in [4.78, 5) is 0. The maximum atomic E-state index is 13.0. The van der Waals surface area contributed by atoms with Crippen LogP contribution in [0.4, 0.5) is 8.78 Å². The van der Waals surface area contributed by atoms with Gasteiger partial charge in [-0.05, 0) is 67.8 Å². The largest absolute Gasteiger partial charge is 0.204 e. The van der Waals surface area contributed by atoms with Crippen molar-refractivity contribution in [2.24, 2.45) is 0 Å². The van der Waals surface area contributed by atoms with Crippen LogP contribution >= 0.6 is 79.4 Å². The van der Waals surface area contributed by atoms with Crippen LogP contribution < -0.4 is 0 Å². The van der Waals surface area contributed by atoms with E-state index in [9.17, 15) is 8.78 Å². The van der Waals surface area contributed by atoms with Crippen molar-refractivity contribution in [3.63, 3.8) is 0 Å². The number of hydrogen-bond acceptors (Lipinski definition) is 0. The lowest BCUT2D eigenvalue weighted by atomic mass is 10.3. The molecule has 0 heterocycles. The lowest BCUT2D eigenvalue weighted by Gasteiger charge is -2.05. The van der Waals surface area contributed by atoms with E-state index < -0.39 is 16.7 Å². The van der Waals surface area contributed by atoms with Crippen molar-refractivity contribution in [3.8, 4) is 0 Å². The summed E-state index contributed by atoms with van der Waals surface area (Å²) in [6.45, 7) is 0. The van der Waals surface area contributed by atoms with Crippen molar-refractivity contribution < 1.29 is 8.78 Å². The van der Waals surface area contributed by atoms with Crippen molar-refractivity contribution in [3.05, 3.63) is 27.4 Å². The molecule has 0 nitrogen and oxygen atoms in total. The zero-order valence-corrected chi connectivity index (χ0v) is 12.5. The summed E-state index contributed by atoms with van der Waals surface area (Å²) in [5.41, 5.74) is 0. The van der Waals surface area contributed by atoms with Gasteiger partial charge in [0.25, 0.3) is 0 Å². The molecular weight excluding hydrogens is 526 g/mol. The maximum absolute atomic E-state index is 13.0. The molecule has 0 saturated carbocycles. The first-order valence-electron chi connectivity index (χ1n) is 2.63. The third kappa shape index (κ3) is 1.97. The van der Waals surface area contributed by atoms with Crippen LogP contribution in [0.2, 0.25) is 5.02 Å². The molecule has 0 aliphatic rings. The Bertz CT molecular complexity index is 235. The predicted molar refractivity (Wildman–Crippen MR) is 69.5 cm³/mol. The zero-order chi connectivity index (χ0) is 9.46. The highest BCUT2D eigenvalue weighted by atomic mass is 127. The molecule has 66 valence electrons. The number of halogens is 6. The summed E-state index contributed by atoms with van der Waals surface area (Å²) in [5.74, 6) is -1.36. The van der Waals surface area contributed by atoms with Gasteiger partial charge in [-0.15, -0.1) is 0 Å². The standard InChI is InChI=1S/C6ClF2I3/c7-1-2(8)4(10)6(12)5(11)3(1)9. The molecule has 0 saturated heterocycles. The van der Waals surface area contributed by atoms with Crippen LogP contribution in [0, 0.1) is 22.3 Å². The van der Waals surface area contributed by atoms with E-state index in [0.717, 1.165) is 0 Å². The average Bonchev–Trinajstić information content (AvgIpc) is 2.08. The van der Waals surface area contributed by atoms with Gasteiger partial charge in [0.2, 0.25) is 0 Å². The van der Waals surface area contributed by atoms with Crippen LogP contribution in [-0.2, 0) is 0 Å². The minimum absolute atomic E-state index is 0.365. The van der Waals surface area contributed by atoms with Crippen molar-refractivity contribution >= 4 is 79.4 Å². The Morgan fingerprint density at radius 3 is 1.50 bits per heavy atom. The van der Waals surface area contributed by atoms with Crippen LogP contribution in [0.15, 0.2) is 0 Å². The fourth-order valence-corrected chi connectivity index (χ4v) is 3.15. The topological polar surface area (TPSA) is 0 Å². The molecular formula is C6ClF2I3. The Labute approximate surface area is 114 Å². The smallest absolute Gasteiger partial charge is 0.159 e. The summed E-state index contributed by atoms with van der Waals surface area (Å²) in [6, 6.07) is 0. The van der Waals surface area contributed by atoms with Gasteiger partial charge in [-0.2, -0.15) is 0 Å². The van der Waals surface area contributed by atoms with Crippen molar-refractivity contribution in [1.82, 2.24) is 0 Å². The van der Waals surface area contributed by atoms with Gasteiger partial charge in [-0.3, -0.25) is 0 Å². The predicted octanol–water partition coefficient (Wildman–Crippen LogP) is 4.43. The van der Waals surface area contributed by atoms with Crippen LogP contribution in [0.3, 0.4) is 0 Å². The second-order valence-electron chi connectivity index (χ2n) is 1.88. The van der Waals surface area contributed by atoms with Gasteiger partial charge in [0.05, 0.1) is 7.14 Å². The van der Waals surface area contributed by atoms with Gasteiger partial charge in [0.1, 0.15) is 5.02 Å². The van der Waals surface area contributed by atoms with E-state index in [-0.39, 0.29) is 0 Å². The number of benzene rings is 1. The molecule has 0 aliphatic heterocycles. The highest BCUT2D eigenvalue weighted by Gasteiger charge is 2.18. The molecule has 0 fully saturated rings. The van der Waals surface area contributed by atoms with Gasteiger partial charge < -0.3 is 0 Å². The Morgan fingerprint density at radius 2 is 1.17 bits per heavy atom. The quantitative estimate of drug-likeness (QED) is 0.267. The molecule has 6 heteroatoms. The van der Waals surface area contributed by atoms with E-state index in [2.05, 4.69) is 0 Å². The van der Waals surface area contributed by atoms with Gasteiger partial charge in [0.15, 0.2) is 11.6 Å². The van der Waals surface area contributed by atoms with Gasteiger partial charge >= 0.3 is 0 Å². The first-order valence-corrected chi connectivity index (χ1v) is 6.25. The highest BCUT2D eigenvalue weighted by molar-refractivity contribution is 14.1. The van der Waals surface area contributed by atoms with E-state index in [1.165, 1.54) is 0 Å². The van der Waals surface area contributed by atoms with E-state index in [0.29, 0.717) is 10.7 Å². The molecule has 0 atom stereocenters. The molecule has 1 rings (SSSR count). The number of rotatable bonds is 0. The monoisotopic (exact) mass is 526 g/mol. The lowest BCUT2D eigenvalue weighted by Crippen LogP contribution is -1.97. The van der Waals surface area contributed by atoms with Gasteiger partial charge in [-0.25, -0.2) is 8.78 Å². The lowest BCUT2D eigenvalue weighted by molar-refractivity contribution is 0.572. The first-order chi connectivity index (χ1) is 5.46. The van der Waals surface area contributed by atoms with Crippen LogP contribution in [0.25, 0.3) is 0 Å². The van der Waals surface area contributed by atoms with E-state index in [1.54, 1.807) is 45.2 Å². The third-order valence-electron chi connectivity index (χ3n) is 1.16. The van der Waals surface area contributed by atoms with Crippen molar-refractivity contribution in [2.75, 3.05) is 0 Å². The van der Waals surface area contributed by atoms with E-state index >= 15 is 0 Å². The molecule has 0 aliphatic carbocycles. The van der Waals surface area contributed by atoms with E-state index in [4.69, 9.17) is 11.6 Å². The molecule has 12 heavy (non-hydrogen) atoms. The Morgan fingerprint density at radius 1 is 0.833 bits per heavy atom. The molecule has 0 aromatic heterocycles. The molecule has 0 unspecified atom stereocenters. The van der Waals surface area contributed by atoms with Crippen molar-refractivity contribution in [1.29, 1.82) is 0 Å².